The van der Waals surface area contributed by atoms with Gasteiger partial charge in [-0.15, -0.1) is 0 Å². The molecule has 7 heteroatoms. The van der Waals surface area contributed by atoms with Crippen LogP contribution in [0.4, 0.5) is 19.1 Å². The first kappa shape index (κ1) is 15.7. The molecule has 0 amide bonds. The van der Waals surface area contributed by atoms with Crippen LogP contribution in [0.1, 0.15) is 22.9 Å². The third-order valence-corrected chi connectivity index (χ3v) is 3.74. The summed E-state index contributed by atoms with van der Waals surface area (Å²) >= 11 is 0. The number of hydrogen-bond acceptors (Lipinski definition) is 4. The Morgan fingerprint density at radius 2 is 2.00 bits per heavy atom. The maximum atomic E-state index is 13.2. The smallest absolute Gasteiger partial charge is 0.370 e. The fraction of sp³-hybridized carbons (Fsp3) is 0.375. The molecule has 1 fully saturated rings. The normalized spacial score (nSPS) is 19.0. The summed E-state index contributed by atoms with van der Waals surface area (Å²) in [4.78, 5) is 10.4. The second kappa shape index (κ2) is 6.16. The van der Waals surface area contributed by atoms with Crippen LogP contribution in [-0.2, 0) is 10.9 Å². The lowest BCUT2D eigenvalue weighted by Crippen LogP contribution is -2.40. The van der Waals surface area contributed by atoms with E-state index in [2.05, 4.69) is 9.97 Å². The summed E-state index contributed by atoms with van der Waals surface area (Å²) in [5.41, 5.74) is 0.308. The molecule has 0 unspecified atom stereocenters. The van der Waals surface area contributed by atoms with E-state index in [1.165, 1.54) is 12.1 Å². The molecule has 0 aliphatic carbocycles. The van der Waals surface area contributed by atoms with Crippen LogP contribution < -0.4 is 4.90 Å². The molecule has 4 nitrogen and oxygen atoms in total. The molecule has 0 N–H and O–H groups in total. The largest absolute Gasteiger partial charge is 0.416 e. The topological polar surface area (TPSA) is 38.2 Å². The number of hydrogen-bond donors (Lipinski definition) is 0. The Bertz CT molecular complexity index is 690. The van der Waals surface area contributed by atoms with Gasteiger partial charge in [0.2, 0.25) is 5.95 Å². The summed E-state index contributed by atoms with van der Waals surface area (Å²) in [5, 5.41) is 0. The molecule has 23 heavy (non-hydrogen) atoms. The summed E-state index contributed by atoms with van der Waals surface area (Å²) in [5.74, 6) is 0.516. The van der Waals surface area contributed by atoms with Crippen molar-refractivity contribution in [2.45, 2.75) is 19.2 Å². The average molecular weight is 323 g/mol. The highest BCUT2D eigenvalue weighted by atomic mass is 19.4. The van der Waals surface area contributed by atoms with Gasteiger partial charge >= 0.3 is 6.18 Å². The SMILES string of the molecule is Cc1ccnc(N2CCO[C@@H](c3ccccc3C(F)(F)F)C2)n1. The zero-order valence-electron chi connectivity index (χ0n) is 12.5. The molecule has 1 saturated heterocycles. The van der Waals surface area contributed by atoms with Gasteiger partial charge in [-0.25, -0.2) is 9.97 Å². The van der Waals surface area contributed by atoms with Gasteiger partial charge in [-0.05, 0) is 24.6 Å². The van der Waals surface area contributed by atoms with Gasteiger partial charge in [0.05, 0.1) is 18.7 Å². The summed E-state index contributed by atoms with van der Waals surface area (Å²) in [6.07, 6.45) is -3.42. The Balaban J connectivity index is 1.88. The van der Waals surface area contributed by atoms with E-state index in [1.807, 2.05) is 11.8 Å². The van der Waals surface area contributed by atoms with E-state index < -0.39 is 17.8 Å². The van der Waals surface area contributed by atoms with Gasteiger partial charge in [0, 0.05) is 18.4 Å². The Morgan fingerprint density at radius 3 is 2.74 bits per heavy atom. The van der Waals surface area contributed by atoms with E-state index in [0.29, 0.717) is 19.1 Å². The second-order valence-corrected chi connectivity index (χ2v) is 5.39. The number of morpholine rings is 1. The molecule has 1 aliphatic heterocycles. The number of ether oxygens (including phenoxy) is 1. The molecular formula is C16H16F3N3O. The van der Waals surface area contributed by atoms with E-state index in [9.17, 15) is 13.2 Å². The molecule has 3 rings (SSSR count). The Kier molecular flexibility index (Phi) is 4.21. The molecule has 2 heterocycles. The van der Waals surface area contributed by atoms with Crippen molar-refractivity contribution in [1.29, 1.82) is 0 Å². The van der Waals surface area contributed by atoms with Gasteiger partial charge in [0.25, 0.3) is 0 Å². The van der Waals surface area contributed by atoms with Crippen molar-refractivity contribution in [2.24, 2.45) is 0 Å². The summed E-state index contributed by atoms with van der Waals surface area (Å²) in [6.45, 7) is 3.01. The van der Waals surface area contributed by atoms with Crippen molar-refractivity contribution in [3.05, 3.63) is 53.3 Å². The van der Waals surface area contributed by atoms with E-state index in [4.69, 9.17) is 4.74 Å². The Morgan fingerprint density at radius 1 is 1.22 bits per heavy atom. The number of aromatic nitrogens is 2. The highest BCUT2D eigenvalue weighted by molar-refractivity contribution is 5.36. The van der Waals surface area contributed by atoms with Gasteiger partial charge in [-0.2, -0.15) is 13.2 Å². The molecule has 1 aliphatic rings. The maximum absolute atomic E-state index is 13.2. The zero-order valence-corrected chi connectivity index (χ0v) is 12.5. The highest BCUT2D eigenvalue weighted by Crippen LogP contribution is 2.36. The van der Waals surface area contributed by atoms with E-state index in [0.717, 1.165) is 11.8 Å². The molecule has 0 radical (unpaired) electrons. The molecule has 0 bridgehead atoms. The number of rotatable bonds is 2. The monoisotopic (exact) mass is 323 g/mol. The van der Waals surface area contributed by atoms with Crippen LogP contribution >= 0.6 is 0 Å². The van der Waals surface area contributed by atoms with Crippen molar-refractivity contribution < 1.29 is 17.9 Å². The first-order valence-corrected chi connectivity index (χ1v) is 7.27. The van der Waals surface area contributed by atoms with Crippen LogP contribution in [0.2, 0.25) is 0 Å². The number of alkyl halides is 3. The van der Waals surface area contributed by atoms with Crippen molar-refractivity contribution in [2.75, 3.05) is 24.6 Å². The lowest BCUT2D eigenvalue weighted by molar-refractivity contribution is -0.139. The van der Waals surface area contributed by atoms with Crippen LogP contribution in [0.3, 0.4) is 0 Å². The summed E-state index contributed by atoms with van der Waals surface area (Å²) < 4.78 is 45.1. The standard InChI is InChI=1S/C16H16F3N3O/c1-11-6-7-20-15(21-11)22-8-9-23-14(10-22)12-4-2-3-5-13(12)16(17,18)19/h2-7,14H,8-10H2,1H3/t14-/m1/s1. The van der Waals surface area contributed by atoms with E-state index >= 15 is 0 Å². The number of anilines is 1. The van der Waals surface area contributed by atoms with Gasteiger partial charge in [-0.3, -0.25) is 0 Å². The second-order valence-electron chi connectivity index (χ2n) is 5.39. The molecule has 0 spiro atoms. The number of nitrogens with zero attached hydrogens (tertiary/aromatic N) is 3. The van der Waals surface area contributed by atoms with Gasteiger partial charge < -0.3 is 9.64 Å². The number of aryl methyl sites for hydroxylation is 1. The molecule has 2 aromatic rings. The number of benzene rings is 1. The molecule has 122 valence electrons. The van der Waals surface area contributed by atoms with Crippen molar-refractivity contribution in [3.8, 4) is 0 Å². The quantitative estimate of drug-likeness (QED) is 0.849. The first-order chi connectivity index (χ1) is 10.9. The lowest BCUT2D eigenvalue weighted by Gasteiger charge is -2.34. The van der Waals surface area contributed by atoms with Crippen molar-refractivity contribution >= 4 is 5.95 Å². The van der Waals surface area contributed by atoms with Gasteiger partial charge in [0.1, 0.15) is 6.10 Å². The maximum Gasteiger partial charge on any atom is 0.416 e. The van der Waals surface area contributed by atoms with E-state index in [1.54, 1.807) is 18.3 Å². The average Bonchev–Trinajstić information content (AvgIpc) is 2.54. The predicted octanol–water partition coefficient (Wildman–Crippen LogP) is 3.38. The Hall–Kier alpha value is -2.15. The molecule has 1 aromatic carbocycles. The highest BCUT2D eigenvalue weighted by Gasteiger charge is 2.36. The van der Waals surface area contributed by atoms with Crippen LogP contribution in [-0.4, -0.2) is 29.7 Å². The van der Waals surface area contributed by atoms with Crippen LogP contribution in [0.25, 0.3) is 0 Å². The fourth-order valence-corrected chi connectivity index (χ4v) is 2.64. The Labute approximate surface area is 131 Å². The third-order valence-electron chi connectivity index (χ3n) is 3.74. The zero-order chi connectivity index (χ0) is 16.4. The molecule has 1 atom stereocenters. The molecule has 1 aromatic heterocycles. The summed E-state index contributed by atoms with van der Waals surface area (Å²) in [6, 6.07) is 7.31. The summed E-state index contributed by atoms with van der Waals surface area (Å²) in [7, 11) is 0. The fourth-order valence-electron chi connectivity index (χ4n) is 2.64. The lowest BCUT2D eigenvalue weighted by atomic mass is 10.0. The minimum absolute atomic E-state index is 0.150. The van der Waals surface area contributed by atoms with Crippen molar-refractivity contribution in [3.63, 3.8) is 0 Å². The third kappa shape index (κ3) is 3.44. The van der Waals surface area contributed by atoms with Crippen molar-refractivity contribution in [1.82, 2.24) is 9.97 Å². The van der Waals surface area contributed by atoms with Crippen LogP contribution in [0.15, 0.2) is 36.5 Å². The van der Waals surface area contributed by atoms with Gasteiger partial charge in [0.15, 0.2) is 0 Å². The minimum atomic E-state index is -4.40. The first-order valence-electron chi connectivity index (χ1n) is 7.27. The minimum Gasteiger partial charge on any atom is -0.370 e. The molecule has 0 saturated carbocycles. The van der Waals surface area contributed by atoms with E-state index in [-0.39, 0.29) is 12.1 Å². The number of halogens is 3. The van der Waals surface area contributed by atoms with Gasteiger partial charge in [-0.1, -0.05) is 18.2 Å². The molecular weight excluding hydrogens is 307 g/mol. The predicted molar refractivity (Wildman–Crippen MR) is 79.1 cm³/mol. The van der Waals surface area contributed by atoms with Crippen LogP contribution in [0, 0.1) is 6.92 Å². The van der Waals surface area contributed by atoms with Crippen LogP contribution in [0.5, 0.6) is 0 Å².